The van der Waals surface area contributed by atoms with Gasteiger partial charge in [0.2, 0.25) is 0 Å². The fourth-order valence-corrected chi connectivity index (χ4v) is 3.91. The third kappa shape index (κ3) is 2.51. The van der Waals surface area contributed by atoms with Crippen LogP contribution in [-0.4, -0.2) is 5.78 Å². The molecule has 82 valence electrons. The first-order valence-corrected chi connectivity index (χ1v) is 7.13. The summed E-state index contributed by atoms with van der Waals surface area (Å²) in [7, 11) is 0. The number of carbonyl (C=O) groups is 1. The van der Waals surface area contributed by atoms with Crippen molar-refractivity contribution in [2.45, 2.75) is 32.6 Å². The maximum absolute atomic E-state index is 12.2. The van der Waals surface area contributed by atoms with Crippen LogP contribution in [0.5, 0.6) is 0 Å². The number of Topliss-reactive ketones (excluding diaryl/α,β-unsaturated/α-hetero) is 1. The Kier molecular flexibility index (Phi) is 3.62. The van der Waals surface area contributed by atoms with Crippen molar-refractivity contribution in [1.29, 1.82) is 0 Å². The Hall–Kier alpha value is -0.150. The molecule has 1 heterocycles. The molecule has 1 saturated carbocycles. The van der Waals surface area contributed by atoms with E-state index in [1.165, 1.54) is 12.8 Å². The molecule has 0 bridgehead atoms. The standard InChI is InChI=1S/C12H15BrOS/c1-8-3-2-4-9(7-8)11(14)12-10(13)5-6-15-12/h5-6,8-9H,2-4,7H2,1H3. The Morgan fingerprint density at radius 3 is 2.93 bits per heavy atom. The summed E-state index contributed by atoms with van der Waals surface area (Å²) in [5.74, 6) is 1.33. The lowest BCUT2D eigenvalue weighted by molar-refractivity contribution is 0.0872. The van der Waals surface area contributed by atoms with Gasteiger partial charge in [-0.2, -0.15) is 0 Å². The highest BCUT2D eigenvalue weighted by molar-refractivity contribution is 9.10. The molecular formula is C12H15BrOS. The Morgan fingerprint density at radius 2 is 2.33 bits per heavy atom. The van der Waals surface area contributed by atoms with Gasteiger partial charge in [-0.25, -0.2) is 0 Å². The Balaban J connectivity index is 2.11. The molecular weight excluding hydrogens is 272 g/mol. The van der Waals surface area contributed by atoms with Gasteiger partial charge in [-0.15, -0.1) is 11.3 Å². The van der Waals surface area contributed by atoms with Crippen LogP contribution in [0.2, 0.25) is 0 Å². The van der Waals surface area contributed by atoms with E-state index in [0.717, 1.165) is 22.2 Å². The second-order valence-corrected chi connectivity index (χ2v) is 6.20. The lowest BCUT2D eigenvalue weighted by Gasteiger charge is -2.25. The summed E-state index contributed by atoms with van der Waals surface area (Å²) in [6.07, 6.45) is 4.65. The molecule has 1 aromatic heterocycles. The van der Waals surface area contributed by atoms with Crippen molar-refractivity contribution < 1.29 is 4.79 Å². The van der Waals surface area contributed by atoms with Gasteiger partial charge < -0.3 is 0 Å². The lowest BCUT2D eigenvalue weighted by atomic mass is 9.80. The predicted octanol–water partition coefficient (Wildman–Crippen LogP) is 4.52. The van der Waals surface area contributed by atoms with Gasteiger partial charge in [-0.1, -0.05) is 19.8 Å². The summed E-state index contributed by atoms with van der Waals surface area (Å²) < 4.78 is 0.968. The van der Waals surface area contributed by atoms with Crippen molar-refractivity contribution in [2.75, 3.05) is 0 Å². The van der Waals surface area contributed by atoms with Gasteiger partial charge in [0.05, 0.1) is 4.88 Å². The van der Waals surface area contributed by atoms with Crippen molar-refractivity contribution in [2.24, 2.45) is 11.8 Å². The highest BCUT2D eigenvalue weighted by Gasteiger charge is 2.27. The van der Waals surface area contributed by atoms with E-state index in [1.807, 2.05) is 11.4 Å². The number of hydrogen-bond donors (Lipinski definition) is 0. The first kappa shape index (κ1) is 11.3. The maximum atomic E-state index is 12.2. The minimum Gasteiger partial charge on any atom is -0.293 e. The molecule has 1 nitrogen and oxygen atoms in total. The first-order valence-electron chi connectivity index (χ1n) is 5.45. The summed E-state index contributed by atoms with van der Waals surface area (Å²) in [6.45, 7) is 2.25. The topological polar surface area (TPSA) is 17.1 Å². The van der Waals surface area contributed by atoms with Crippen molar-refractivity contribution >= 4 is 33.0 Å². The number of thiophene rings is 1. The maximum Gasteiger partial charge on any atom is 0.177 e. The molecule has 15 heavy (non-hydrogen) atoms. The van der Waals surface area contributed by atoms with Gasteiger partial charge in [0.15, 0.2) is 5.78 Å². The summed E-state index contributed by atoms with van der Waals surface area (Å²) >= 11 is 4.99. The molecule has 0 saturated heterocycles. The predicted molar refractivity (Wildman–Crippen MR) is 67.5 cm³/mol. The second kappa shape index (κ2) is 4.79. The minimum absolute atomic E-state index is 0.267. The number of hydrogen-bond acceptors (Lipinski definition) is 2. The van der Waals surface area contributed by atoms with Crippen LogP contribution < -0.4 is 0 Å². The monoisotopic (exact) mass is 286 g/mol. The van der Waals surface area contributed by atoms with Crippen molar-refractivity contribution in [3.63, 3.8) is 0 Å². The van der Waals surface area contributed by atoms with Gasteiger partial charge in [-0.3, -0.25) is 4.79 Å². The average Bonchev–Trinajstić information content (AvgIpc) is 2.63. The molecule has 2 atom stereocenters. The quantitative estimate of drug-likeness (QED) is 0.731. The molecule has 1 aliphatic carbocycles. The molecule has 1 fully saturated rings. The van der Waals surface area contributed by atoms with Gasteiger partial charge in [0.1, 0.15) is 0 Å². The normalized spacial score (nSPS) is 26.5. The summed E-state index contributed by atoms with van der Waals surface area (Å²) in [4.78, 5) is 13.1. The lowest BCUT2D eigenvalue weighted by Crippen LogP contribution is -2.21. The number of rotatable bonds is 2. The van der Waals surface area contributed by atoms with Crippen LogP contribution in [0.3, 0.4) is 0 Å². The van der Waals surface area contributed by atoms with Crippen LogP contribution in [0.25, 0.3) is 0 Å². The van der Waals surface area contributed by atoms with E-state index in [4.69, 9.17) is 0 Å². The van der Waals surface area contributed by atoms with Gasteiger partial charge in [0, 0.05) is 10.4 Å². The SMILES string of the molecule is CC1CCCC(C(=O)c2sccc2Br)C1. The third-order valence-corrected chi connectivity index (χ3v) is 5.00. The highest BCUT2D eigenvalue weighted by Crippen LogP contribution is 2.34. The van der Waals surface area contributed by atoms with E-state index in [2.05, 4.69) is 22.9 Å². The molecule has 0 aliphatic heterocycles. The average molecular weight is 287 g/mol. The molecule has 0 spiro atoms. The highest BCUT2D eigenvalue weighted by atomic mass is 79.9. The van der Waals surface area contributed by atoms with Crippen LogP contribution in [-0.2, 0) is 0 Å². The smallest absolute Gasteiger partial charge is 0.177 e. The molecule has 0 N–H and O–H groups in total. The van der Waals surface area contributed by atoms with Crippen LogP contribution in [0.15, 0.2) is 15.9 Å². The molecule has 3 heteroatoms. The summed E-state index contributed by atoms with van der Waals surface area (Å²) in [5, 5.41) is 1.98. The zero-order valence-electron chi connectivity index (χ0n) is 8.83. The molecule has 2 rings (SSSR count). The molecule has 1 aromatic rings. The van der Waals surface area contributed by atoms with Crippen molar-refractivity contribution in [3.05, 3.63) is 20.8 Å². The fourth-order valence-electron chi connectivity index (χ4n) is 2.33. The van der Waals surface area contributed by atoms with Gasteiger partial charge in [-0.05, 0) is 46.1 Å². The van der Waals surface area contributed by atoms with Crippen LogP contribution in [0.4, 0.5) is 0 Å². The van der Waals surface area contributed by atoms with Crippen molar-refractivity contribution in [3.8, 4) is 0 Å². The number of carbonyl (C=O) groups excluding carboxylic acids is 1. The van der Waals surface area contributed by atoms with Crippen molar-refractivity contribution in [1.82, 2.24) is 0 Å². The minimum atomic E-state index is 0.267. The molecule has 0 aromatic carbocycles. The van der Waals surface area contributed by atoms with E-state index in [-0.39, 0.29) is 5.92 Å². The van der Waals surface area contributed by atoms with E-state index in [1.54, 1.807) is 11.3 Å². The molecule has 2 unspecified atom stereocenters. The van der Waals surface area contributed by atoms with E-state index >= 15 is 0 Å². The number of halogens is 1. The van der Waals surface area contributed by atoms with Crippen LogP contribution in [0, 0.1) is 11.8 Å². The van der Waals surface area contributed by atoms with Crippen LogP contribution >= 0.6 is 27.3 Å². The van der Waals surface area contributed by atoms with E-state index in [0.29, 0.717) is 11.7 Å². The summed E-state index contributed by atoms with van der Waals surface area (Å²) in [5.41, 5.74) is 0. The Morgan fingerprint density at radius 1 is 1.53 bits per heavy atom. The van der Waals surface area contributed by atoms with Crippen LogP contribution in [0.1, 0.15) is 42.3 Å². The first-order chi connectivity index (χ1) is 7.18. The second-order valence-electron chi connectivity index (χ2n) is 4.43. The fraction of sp³-hybridized carbons (Fsp3) is 0.583. The largest absolute Gasteiger partial charge is 0.293 e. The molecule has 0 amide bonds. The van der Waals surface area contributed by atoms with Gasteiger partial charge >= 0.3 is 0 Å². The third-order valence-electron chi connectivity index (χ3n) is 3.15. The van der Waals surface area contributed by atoms with E-state index in [9.17, 15) is 4.79 Å². The summed E-state index contributed by atoms with van der Waals surface area (Å²) in [6, 6.07) is 1.96. The zero-order chi connectivity index (χ0) is 10.8. The zero-order valence-corrected chi connectivity index (χ0v) is 11.2. The van der Waals surface area contributed by atoms with E-state index < -0.39 is 0 Å². The number of ketones is 1. The molecule has 1 aliphatic rings. The Bertz CT molecular complexity index is 358. The van der Waals surface area contributed by atoms with Gasteiger partial charge in [0.25, 0.3) is 0 Å². The molecule has 0 radical (unpaired) electrons. The Labute approximate surface area is 103 Å².